The zero-order valence-corrected chi connectivity index (χ0v) is 18.7. The molecule has 0 saturated carbocycles. The Bertz CT molecular complexity index is 1060. The zero-order chi connectivity index (χ0) is 22.1. The van der Waals surface area contributed by atoms with E-state index in [4.69, 9.17) is 13.5 Å². The van der Waals surface area contributed by atoms with Crippen molar-refractivity contribution < 1.29 is 26.8 Å². The Kier molecular flexibility index (Phi) is 6.81. The highest BCUT2D eigenvalue weighted by molar-refractivity contribution is 7.54. The van der Waals surface area contributed by atoms with Gasteiger partial charge in [-0.05, 0) is 70.4 Å². The molecule has 0 N–H and O–H groups in total. The number of halogens is 2. The average Bonchev–Trinajstić information content (AvgIpc) is 2.98. The summed E-state index contributed by atoms with van der Waals surface area (Å²) in [6.45, 7) is 8.98. The molecule has 0 aliphatic carbocycles. The fourth-order valence-electron chi connectivity index (χ4n) is 3.51. The Labute approximate surface area is 175 Å². The fourth-order valence-corrected chi connectivity index (χ4v) is 6.00. The van der Waals surface area contributed by atoms with Crippen LogP contribution >= 0.6 is 7.60 Å². The van der Waals surface area contributed by atoms with Gasteiger partial charge >= 0.3 is 7.60 Å². The van der Waals surface area contributed by atoms with Gasteiger partial charge in [0, 0.05) is 5.39 Å². The lowest BCUT2D eigenvalue weighted by Crippen LogP contribution is -2.16. The number of hydrogen-bond donors (Lipinski definition) is 0. The van der Waals surface area contributed by atoms with E-state index in [1.54, 1.807) is 27.7 Å². The number of hydrogen-bond acceptors (Lipinski definition) is 4. The van der Waals surface area contributed by atoms with Crippen LogP contribution in [0, 0.1) is 18.6 Å². The van der Waals surface area contributed by atoms with Crippen LogP contribution in [-0.2, 0) is 20.0 Å². The Morgan fingerprint density at radius 2 is 1.60 bits per heavy atom. The lowest BCUT2D eigenvalue weighted by molar-refractivity contribution is 0.134. The smallest absolute Gasteiger partial charge is 0.342 e. The molecule has 4 nitrogen and oxygen atoms in total. The highest BCUT2D eigenvalue weighted by Crippen LogP contribution is 2.64. The van der Waals surface area contributed by atoms with E-state index in [2.05, 4.69) is 0 Å². The third-order valence-corrected chi connectivity index (χ3v) is 7.30. The van der Waals surface area contributed by atoms with Crippen LogP contribution < -0.4 is 0 Å². The third kappa shape index (κ3) is 4.83. The van der Waals surface area contributed by atoms with Crippen LogP contribution in [0.5, 0.6) is 0 Å². The van der Waals surface area contributed by atoms with Crippen molar-refractivity contribution in [1.82, 2.24) is 0 Å². The minimum atomic E-state index is -3.75. The number of fused-ring (bicyclic) bond motifs is 1. The molecule has 3 aromatic rings. The van der Waals surface area contributed by atoms with Crippen molar-refractivity contribution in [1.29, 1.82) is 0 Å². The van der Waals surface area contributed by atoms with Crippen LogP contribution in [0.3, 0.4) is 0 Å². The molecule has 1 unspecified atom stereocenters. The first-order valence-corrected chi connectivity index (χ1v) is 11.6. The standard InChI is InChI=1S/C23H27F2O4P/c1-14(2)28-30(26,29-15(3)4)22(13-17-10-11-19(24)20(25)12-17)23-16(5)18-8-6-7-9-21(18)27-23/h6-12,14-15,22H,13H2,1-5H3. The molecule has 0 aliphatic heterocycles. The lowest BCUT2D eigenvalue weighted by Gasteiger charge is -2.29. The van der Waals surface area contributed by atoms with Gasteiger partial charge in [-0.2, -0.15) is 0 Å². The molecule has 0 radical (unpaired) electrons. The van der Waals surface area contributed by atoms with Crippen molar-refractivity contribution in [2.75, 3.05) is 0 Å². The quantitative estimate of drug-likeness (QED) is 0.347. The van der Waals surface area contributed by atoms with Gasteiger partial charge in [0.2, 0.25) is 0 Å². The third-order valence-electron chi connectivity index (χ3n) is 4.69. The average molecular weight is 436 g/mol. The minimum absolute atomic E-state index is 0.106. The van der Waals surface area contributed by atoms with Gasteiger partial charge in [0.25, 0.3) is 0 Å². The van der Waals surface area contributed by atoms with Crippen molar-refractivity contribution in [3.63, 3.8) is 0 Å². The molecule has 0 saturated heterocycles. The van der Waals surface area contributed by atoms with Crippen molar-refractivity contribution in [2.24, 2.45) is 0 Å². The largest absolute Gasteiger partial charge is 0.460 e. The summed E-state index contributed by atoms with van der Waals surface area (Å²) in [5.74, 6) is -1.43. The van der Waals surface area contributed by atoms with E-state index in [0.717, 1.165) is 23.1 Å². The molecular formula is C23H27F2O4P. The minimum Gasteiger partial charge on any atom is -0.460 e. The van der Waals surface area contributed by atoms with E-state index in [0.29, 0.717) is 16.9 Å². The van der Waals surface area contributed by atoms with Crippen molar-refractivity contribution in [2.45, 2.75) is 58.9 Å². The first kappa shape index (κ1) is 22.7. The molecular weight excluding hydrogens is 409 g/mol. The van der Waals surface area contributed by atoms with E-state index < -0.39 is 24.9 Å². The maximum Gasteiger partial charge on any atom is 0.342 e. The Morgan fingerprint density at radius 3 is 2.17 bits per heavy atom. The molecule has 0 aliphatic rings. The van der Waals surface area contributed by atoms with Gasteiger partial charge in [-0.15, -0.1) is 0 Å². The van der Waals surface area contributed by atoms with E-state index in [-0.39, 0.29) is 18.6 Å². The normalized spacial score (nSPS) is 13.5. The Morgan fingerprint density at radius 1 is 0.967 bits per heavy atom. The van der Waals surface area contributed by atoms with Crippen molar-refractivity contribution in [3.05, 3.63) is 71.0 Å². The van der Waals surface area contributed by atoms with E-state index in [1.165, 1.54) is 6.07 Å². The summed E-state index contributed by atoms with van der Waals surface area (Å²) in [5, 5.41) is 0.892. The number of aryl methyl sites for hydroxylation is 1. The van der Waals surface area contributed by atoms with Crippen molar-refractivity contribution >= 4 is 18.6 Å². The van der Waals surface area contributed by atoms with Crippen LogP contribution in [0.15, 0.2) is 46.9 Å². The van der Waals surface area contributed by atoms with Gasteiger partial charge in [0.1, 0.15) is 17.0 Å². The molecule has 2 aromatic carbocycles. The zero-order valence-electron chi connectivity index (χ0n) is 17.8. The van der Waals surface area contributed by atoms with Crippen LogP contribution in [0.25, 0.3) is 11.0 Å². The van der Waals surface area contributed by atoms with Gasteiger partial charge in [-0.1, -0.05) is 24.3 Å². The molecule has 1 heterocycles. The predicted molar refractivity (Wildman–Crippen MR) is 114 cm³/mol. The molecule has 3 rings (SSSR count). The number of furan rings is 1. The number of benzene rings is 2. The second-order valence-corrected chi connectivity index (χ2v) is 10.0. The molecule has 30 heavy (non-hydrogen) atoms. The molecule has 0 bridgehead atoms. The number of para-hydroxylation sites is 1. The first-order valence-electron chi connectivity index (χ1n) is 9.99. The molecule has 0 amide bonds. The second kappa shape index (κ2) is 9.01. The second-order valence-electron chi connectivity index (χ2n) is 7.90. The fraction of sp³-hybridized carbons (Fsp3) is 0.391. The van der Waals surface area contributed by atoms with Crippen LogP contribution in [0.1, 0.15) is 50.2 Å². The summed E-state index contributed by atoms with van der Waals surface area (Å²) in [4.78, 5) is 0. The Balaban J connectivity index is 2.16. The van der Waals surface area contributed by atoms with E-state index in [9.17, 15) is 13.3 Å². The van der Waals surface area contributed by atoms with Gasteiger partial charge in [-0.25, -0.2) is 8.78 Å². The molecule has 162 valence electrons. The molecule has 0 fully saturated rings. The SMILES string of the molecule is Cc1c(C(Cc2ccc(F)c(F)c2)P(=O)(OC(C)C)OC(C)C)oc2ccccc12. The van der Waals surface area contributed by atoms with Crippen LogP contribution in [-0.4, -0.2) is 12.2 Å². The Hall–Kier alpha value is -2.01. The van der Waals surface area contributed by atoms with Crippen LogP contribution in [0.2, 0.25) is 0 Å². The summed E-state index contributed by atoms with van der Waals surface area (Å²) < 4.78 is 59.1. The summed E-state index contributed by atoms with van der Waals surface area (Å²) in [6.07, 6.45) is -0.632. The van der Waals surface area contributed by atoms with Gasteiger partial charge in [0.05, 0.1) is 12.2 Å². The monoisotopic (exact) mass is 436 g/mol. The molecule has 0 spiro atoms. The maximum absolute atomic E-state index is 14.0. The van der Waals surface area contributed by atoms with E-state index >= 15 is 0 Å². The predicted octanol–water partition coefficient (Wildman–Crippen LogP) is 7.35. The van der Waals surface area contributed by atoms with Gasteiger partial charge < -0.3 is 13.5 Å². The van der Waals surface area contributed by atoms with Gasteiger partial charge in [-0.3, -0.25) is 4.57 Å². The summed E-state index contributed by atoms with van der Waals surface area (Å²) in [6, 6.07) is 11.1. The highest BCUT2D eigenvalue weighted by Gasteiger charge is 2.42. The summed E-state index contributed by atoms with van der Waals surface area (Å²) >= 11 is 0. The number of rotatable bonds is 8. The lowest BCUT2D eigenvalue weighted by atomic mass is 10.0. The summed E-state index contributed by atoms with van der Waals surface area (Å²) in [7, 11) is -3.75. The topological polar surface area (TPSA) is 48.7 Å². The van der Waals surface area contributed by atoms with E-state index in [1.807, 2.05) is 31.2 Å². The first-order chi connectivity index (χ1) is 14.1. The van der Waals surface area contributed by atoms with Gasteiger partial charge in [0.15, 0.2) is 11.6 Å². The molecule has 7 heteroatoms. The maximum atomic E-state index is 14.0. The van der Waals surface area contributed by atoms with Crippen molar-refractivity contribution in [3.8, 4) is 0 Å². The molecule has 1 atom stereocenters. The highest BCUT2D eigenvalue weighted by atomic mass is 31.2. The van der Waals surface area contributed by atoms with Crippen LogP contribution in [0.4, 0.5) is 8.78 Å². The molecule has 1 aromatic heterocycles. The summed E-state index contributed by atoms with van der Waals surface area (Å²) in [5.41, 5.74) is 1.12.